The monoisotopic (exact) mass is 424 g/mol. The molecule has 1 saturated heterocycles. The van der Waals surface area contributed by atoms with Crippen molar-refractivity contribution in [3.8, 4) is 11.4 Å². The number of sulfone groups is 1. The maximum absolute atomic E-state index is 12.8. The Bertz CT molecular complexity index is 980. The zero-order valence-electron chi connectivity index (χ0n) is 16.2. The van der Waals surface area contributed by atoms with E-state index in [1.165, 1.54) is 11.8 Å². The molecule has 1 aliphatic rings. The highest BCUT2D eigenvalue weighted by Crippen LogP contribution is 2.30. The lowest BCUT2D eigenvalue weighted by Crippen LogP contribution is -2.41. The van der Waals surface area contributed by atoms with Gasteiger partial charge < -0.3 is 9.32 Å². The molecule has 152 valence electrons. The van der Waals surface area contributed by atoms with E-state index in [-0.39, 0.29) is 23.5 Å². The summed E-state index contributed by atoms with van der Waals surface area (Å²) in [5, 5.41) is 8.70. The van der Waals surface area contributed by atoms with Crippen molar-refractivity contribution >= 4 is 27.5 Å². The van der Waals surface area contributed by atoms with Crippen molar-refractivity contribution in [3.05, 3.63) is 30.7 Å². The van der Waals surface area contributed by atoms with Crippen LogP contribution in [0.25, 0.3) is 11.4 Å². The van der Waals surface area contributed by atoms with E-state index >= 15 is 0 Å². The molecule has 1 aliphatic heterocycles. The molecule has 28 heavy (non-hydrogen) atoms. The first-order chi connectivity index (χ1) is 13.2. The number of rotatable bonds is 7. The Labute approximate surface area is 168 Å². The van der Waals surface area contributed by atoms with Crippen molar-refractivity contribution in [2.75, 3.05) is 18.6 Å². The van der Waals surface area contributed by atoms with Crippen molar-refractivity contribution in [2.45, 2.75) is 43.3 Å². The molecule has 8 nitrogen and oxygen atoms in total. The van der Waals surface area contributed by atoms with E-state index in [0.29, 0.717) is 23.9 Å². The van der Waals surface area contributed by atoms with E-state index in [4.69, 9.17) is 4.42 Å². The summed E-state index contributed by atoms with van der Waals surface area (Å²) in [6.07, 6.45) is 3.83. The highest BCUT2D eigenvalue weighted by Gasteiger charge is 2.34. The van der Waals surface area contributed by atoms with Crippen LogP contribution >= 0.6 is 11.8 Å². The summed E-state index contributed by atoms with van der Waals surface area (Å²) < 4.78 is 30.7. The van der Waals surface area contributed by atoms with Crippen LogP contribution in [0.3, 0.4) is 0 Å². The molecule has 0 unspecified atom stereocenters. The van der Waals surface area contributed by atoms with Crippen molar-refractivity contribution in [1.29, 1.82) is 0 Å². The van der Waals surface area contributed by atoms with E-state index in [0.717, 1.165) is 11.3 Å². The summed E-state index contributed by atoms with van der Waals surface area (Å²) in [7, 11) is -1.38. The third kappa shape index (κ3) is 4.17. The summed E-state index contributed by atoms with van der Waals surface area (Å²) in [5.74, 6) is 1.44. The Morgan fingerprint density at radius 2 is 2.29 bits per heavy atom. The van der Waals surface area contributed by atoms with Gasteiger partial charge in [-0.2, -0.15) is 0 Å². The Hall–Kier alpha value is -2.07. The van der Waals surface area contributed by atoms with Crippen LogP contribution in [0.15, 0.2) is 34.6 Å². The van der Waals surface area contributed by atoms with Crippen molar-refractivity contribution in [2.24, 2.45) is 0 Å². The number of hydrogen-bond donors (Lipinski definition) is 0. The highest BCUT2D eigenvalue weighted by atomic mass is 32.2. The summed E-state index contributed by atoms with van der Waals surface area (Å²) in [4.78, 5) is 14.4. The van der Waals surface area contributed by atoms with Crippen LogP contribution in [0.5, 0.6) is 0 Å². The Morgan fingerprint density at radius 3 is 2.86 bits per heavy atom. The summed E-state index contributed by atoms with van der Waals surface area (Å²) in [6, 6.07) is 1.56. The van der Waals surface area contributed by atoms with E-state index in [1.54, 1.807) is 31.2 Å². The molecule has 0 N–H and O–H groups in total. The van der Waals surface area contributed by atoms with E-state index < -0.39 is 15.1 Å². The number of amides is 1. The SMILES string of the molecule is C=CCn1c(S[C@@H](C)C(=O)N(C)[C@H]2CCS(=O)(=O)C2)nnc1-c1ccoc1C. The smallest absolute Gasteiger partial charge is 0.235 e. The number of thioether (sulfide) groups is 1. The minimum Gasteiger partial charge on any atom is -0.469 e. The van der Waals surface area contributed by atoms with Gasteiger partial charge in [0.05, 0.1) is 28.6 Å². The second-order valence-electron chi connectivity index (χ2n) is 6.86. The average Bonchev–Trinajstić information content (AvgIpc) is 3.33. The molecule has 2 aromatic heterocycles. The van der Waals surface area contributed by atoms with Gasteiger partial charge in [0.25, 0.3) is 0 Å². The lowest BCUT2D eigenvalue weighted by atomic mass is 10.2. The number of aromatic nitrogens is 3. The molecule has 3 heterocycles. The third-order valence-corrected chi connectivity index (χ3v) is 7.68. The molecule has 0 aromatic carbocycles. The van der Waals surface area contributed by atoms with Crippen LogP contribution in [-0.2, 0) is 21.2 Å². The minimum atomic E-state index is -3.05. The number of allylic oxidation sites excluding steroid dienone is 1. The molecular weight excluding hydrogens is 400 g/mol. The first-order valence-corrected chi connectivity index (χ1v) is 11.7. The number of furan rings is 1. The molecule has 0 aliphatic carbocycles. The van der Waals surface area contributed by atoms with Crippen LogP contribution in [0.1, 0.15) is 19.1 Å². The molecular formula is C18H24N4O4S2. The zero-order valence-corrected chi connectivity index (χ0v) is 17.8. The predicted octanol–water partition coefficient (Wildman–Crippen LogP) is 2.16. The fourth-order valence-corrected chi connectivity index (χ4v) is 5.98. The van der Waals surface area contributed by atoms with Crippen molar-refractivity contribution in [1.82, 2.24) is 19.7 Å². The number of carbonyl (C=O) groups is 1. The average molecular weight is 425 g/mol. The summed E-state index contributed by atoms with van der Waals surface area (Å²) in [5.41, 5.74) is 0.841. The molecule has 0 bridgehead atoms. The molecule has 0 spiro atoms. The van der Waals surface area contributed by atoms with E-state index in [2.05, 4.69) is 16.8 Å². The van der Waals surface area contributed by atoms with Gasteiger partial charge in [-0.1, -0.05) is 17.8 Å². The van der Waals surface area contributed by atoms with E-state index in [1.807, 2.05) is 17.6 Å². The first kappa shape index (κ1) is 20.7. The summed E-state index contributed by atoms with van der Waals surface area (Å²) >= 11 is 1.30. The number of carbonyl (C=O) groups excluding carboxylic acids is 1. The van der Waals surface area contributed by atoms with Gasteiger partial charge in [0, 0.05) is 19.6 Å². The molecule has 0 radical (unpaired) electrons. The van der Waals surface area contributed by atoms with Crippen LogP contribution in [0.2, 0.25) is 0 Å². The Kier molecular flexibility index (Phi) is 5.99. The molecule has 2 atom stereocenters. The number of hydrogen-bond acceptors (Lipinski definition) is 7. The summed E-state index contributed by atoms with van der Waals surface area (Å²) in [6.45, 7) is 7.93. The van der Waals surface area contributed by atoms with Gasteiger partial charge in [-0.05, 0) is 26.3 Å². The Balaban J connectivity index is 1.77. The van der Waals surface area contributed by atoms with E-state index in [9.17, 15) is 13.2 Å². The fraction of sp³-hybridized carbons (Fsp3) is 0.500. The lowest BCUT2D eigenvalue weighted by molar-refractivity contribution is -0.130. The molecule has 2 aromatic rings. The molecule has 1 fully saturated rings. The number of nitrogens with zero attached hydrogens (tertiary/aromatic N) is 4. The van der Waals surface area contributed by atoms with Gasteiger partial charge in [-0.15, -0.1) is 16.8 Å². The molecule has 1 amide bonds. The first-order valence-electron chi connectivity index (χ1n) is 8.96. The fourth-order valence-electron chi connectivity index (χ4n) is 3.24. The molecule has 3 rings (SSSR count). The van der Waals surface area contributed by atoms with Gasteiger partial charge in [0.15, 0.2) is 20.8 Å². The number of aryl methyl sites for hydroxylation is 1. The minimum absolute atomic E-state index is 0.0309. The van der Waals surface area contributed by atoms with Crippen LogP contribution in [0.4, 0.5) is 0 Å². The largest absolute Gasteiger partial charge is 0.469 e. The predicted molar refractivity (Wildman–Crippen MR) is 108 cm³/mol. The maximum Gasteiger partial charge on any atom is 0.235 e. The quantitative estimate of drug-likeness (QED) is 0.496. The second kappa shape index (κ2) is 8.12. The highest BCUT2D eigenvalue weighted by molar-refractivity contribution is 8.00. The molecule has 10 heteroatoms. The zero-order chi connectivity index (χ0) is 20.5. The van der Waals surface area contributed by atoms with Gasteiger partial charge in [-0.25, -0.2) is 8.42 Å². The van der Waals surface area contributed by atoms with Crippen LogP contribution < -0.4 is 0 Å². The molecule has 0 saturated carbocycles. The van der Waals surface area contributed by atoms with Crippen LogP contribution in [0, 0.1) is 6.92 Å². The van der Waals surface area contributed by atoms with Crippen molar-refractivity contribution < 1.29 is 17.6 Å². The Morgan fingerprint density at radius 1 is 1.54 bits per heavy atom. The lowest BCUT2D eigenvalue weighted by Gasteiger charge is -2.26. The van der Waals surface area contributed by atoms with Crippen LogP contribution in [-0.4, -0.2) is 63.8 Å². The normalized spacial score (nSPS) is 19.5. The topological polar surface area (TPSA) is 98.3 Å². The van der Waals surface area contributed by atoms with Gasteiger partial charge in [-0.3, -0.25) is 9.36 Å². The maximum atomic E-state index is 12.8. The standard InChI is InChI=1S/C18H24N4O4S2/c1-5-8-22-16(15-6-9-26-12(15)2)19-20-18(22)27-13(3)17(23)21(4)14-7-10-28(24,25)11-14/h5-6,9,13-14H,1,7-8,10-11H2,2-4H3/t13-,14-/m0/s1. The van der Waals surface area contributed by atoms with Gasteiger partial charge in [0.1, 0.15) is 5.76 Å². The van der Waals surface area contributed by atoms with Gasteiger partial charge >= 0.3 is 0 Å². The van der Waals surface area contributed by atoms with Crippen molar-refractivity contribution in [3.63, 3.8) is 0 Å². The van der Waals surface area contributed by atoms with Gasteiger partial charge in [0.2, 0.25) is 5.91 Å². The third-order valence-electron chi connectivity index (χ3n) is 4.86. The second-order valence-corrected chi connectivity index (χ2v) is 10.4.